The van der Waals surface area contributed by atoms with Gasteiger partial charge in [0.2, 0.25) is 0 Å². The average Bonchev–Trinajstić information content (AvgIpc) is 2.54. The molecule has 0 amide bonds. The quantitative estimate of drug-likeness (QED) is 0.670. The fourth-order valence-electron chi connectivity index (χ4n) is 4.59. The summed E-state index contributed by atoms with van der Waals surface area (Å²) in [4.78, 5) is 13.6. The summed E-state index contributed by atoms with van der Waals surface area (Å²) in [6.07, 6.45) is 0.518. The molecule has 0 spiro atoms. The highest BCUT2D eigenvalue weighted by Gasteiger charge is 2.54. The number of carbonyl (C=O) groups excluding carboxylic acids is 1. The van der Waals surface area contributed by atoms with E-state index in [-0.39, 0.29) is 11.2 Å². The Labute approximate surface area is 153 Å². The van der Waals surface area contributed by atoms with Crippen molar-refractivity contribution in [3.8, 4) is 0 Å². The number of ketones is 1. The first-order valence-corrected chi connectivity index (χ1v) is 9.10. The molecular formula is C23H32NO+. The maximum atomic E-state index is 13.6. The first-order chi connectivity index (χ1) is 11.6. The van der Waals surface area contributed by atoms with Crippen LogP contribution in [0.1, 0.15) is 38.3 Å². The van der Waals surface area contributed by atoms with Crippen LogP contribution in [0.2, 0.25) is 0 Å². The van der Waals surface area contributed by atoms with Crippen LogP contribution in [0.15, 0.2) is 60.7 Å². The largest absolute Gasteiger partial charge is 0.330 e. The monoisotopic (exact) mass is 338 g/mol. The molecule has 2 nitrogen and oxygen atoms in total. The number of rotatable bonds is 7. The van der Waals surface area contributed by atoms with E-state index in [2.05, 4.69) is 59.3 Å². The Kier molecular flexibility index (Phi) is 5.53. The lowest BCUT2D eigenvalue weighted by atomic mass is 9.55. The molecule has 0 aliphatic heterocycles. The molecule has 0 atom stereocenters. The molecule has 0 aliphatic carbocycles. The van der Waals surface area contributed by atoms with Crippen LogP contribution in [0.25, 0.3) is 0 Å². The van der Waals surface area contributed by atoms with Gasteiger partial charge in [0.15, 0.2) is 0 Å². The Bertz CT molecular complexity index is 656. The Balaban J connectivity index is 2.84. The number of Topliss-reactive ketones (excluding diaryl/α,β-unsaturated/α-hetero) is 1. The third kappa shape index (κ3) is 3.69. The van der Waals surface area contributed by atoms with Crippen molar-refractivity contribution in [2.75, 3.05) is 27.7 Å². The second kappa shape index (κ2) is 7.13. The van der Waals surface area contributed by atoms with E-state index in [1.807, 2.05) is 43.3 Å². The van der Waals surface area contributed by atoms with Crippen molar-refractivity contribution in [2.24, 2.45) is 5.41 Å². The standard InChI is InChI=1S/C23H32NO/c1-7-21(25)23(19-14-10-8-11-15-19,20-16-12-9-13-17-20)22(2,3)18-24(4,5)6/h8-17H,7,18H2,1-6H3/q+1. The molecule has 0 unspecified atom stereocenters. The number of benzene rings is 2. The van der Waals surface area contributed by atoms with E-state index in [1.165, 1.54) is 0 Å². The number of nitrogens with zero attached hydrogens (tertiary/aromatic N) is 1. The minimum Gasteiger partial charge on any atom is -0.330 e. The van der Waals surface area contributed by atoms with Gasteiger partial charge in [-0.3, -0.25) is 4.79 Å². The third-order valence-electron chi connectivity index (χ3n) is 5.04. The lowest BCUT2D eigenvalue weighted by molar-refractivity contribution is -0.877. The van der Waals surface area contributed by atoms with Crippen molar-refractivity contribution >= 4 is 5.78 Å². The van der Waals surface area contributed by atoms with Gasteiger partial charge < -0.3 is 4.48 Å². The molecule has 25 heavy (non-hydrogen) atoms. The van der Waals surface area contributed by atoms with Gasteiger partial charge in [0.1, 0.15) is 5.78 Å². The van der Waals surface area contributed by atoms with Gasteiger partial charge >= 0.3 is 0 Å². The highest BCUT2D eigenvalue weighted by Crippen LogP contribution is 2.49. The smallest absolute Gasteiger partial charge is 0.148 e. The van der Waals surface area contributed by atoms with Gasteiger partial charge in [-0.05, 0) is 11.1 Å². The van der Waals surface area contributed by atoms with Gasteiger partial charge in [-0.15, -0.1) is 0 Å². The van der Waals surface area contributed by atoms with E-state index >= 15 is 0 Å². The molecule has 2 aromatic carbocycles. The van der Waals surface area contributed by atoms with Crippen LogP contribution in [0, 0.1) is 5.41 Å². The zero-order valence-electron chi connectivity index (χ0n) is 16.5. The van der Waals surface area contributed by atoms with Crippen LogP contribution >= 0.6 is 0 Å². The van der Waals surface area contributed by atoms with E-state index in [9.17, 15) is 4.79 Å². The minimum absolute atomic E-state index is 0.249. The summed E-state index contributed by atoms with van der Waals surface area (Å²) in [6.45, 7) is 7.35. The van der Waals surface area contributed by atoms with E-state index in [0.29, 0.717) is 6.42 Å². The molecule has 0 aliphatic rings. The molecule has 2 rings (SSSR count). The lowest BCUT2D eigenvalue weighted by Gasteiger charge is -2.48. The van der Waals surface area contributed by atoms with Gasteiger partial charge in [-0.2, -0.15) is 0 Å². The molecule has 2 heteroatoms. The zero-order chi connectivity index (χ0) is 18.7. The molecule has 0 N–H and O–H groups in total. The third-order valence-corrected chi connectivity index (χ3v) is 5.04. The van der Waals surface area contributed by atoms with Gasteiger partial charge in [0, 0.05) is 11.8 Å². The topological polar surface area (TPSA) is 17.1 Å². The van der Waals surface area contributed by atoms with Crippen LogP contribution in [0.3, 0.4) is 0 Å². The maximum Gasteiger partial charge on any atom is 0.148 e. The van der Waals surface area contributed by atoms with Gasteiger partial charge in [0.25, 0.3) is 0 Å². The molecule has 2 aromatic rings. The van der Waals surface area contributed by atoms with Crippen molar-refractivity contribution in [3.63, 3.8) is 0 Å². The Morgan fingerprint density at radius 2 is 1.24 bits per heavy atom. The molecule has 0 aromatic heterocycles. The summed E-state index contributed by atoms with van der Waals surface area (Å²) < 4.78 is 0.811. The fraction of sp³-hybridized carbons (Fsp3) is 0.435. The molecular weight excluding hydrogens is 306 g/mol. The summed E-state index contributed by atoms with van der Waals surface area (Å²) in [5, 5.41) is 0. The molecule has 0 heterocycles. The lowest BCUT2D eigenvalue weighted by Crippen LogP contribution is -2.56. The van der Waals surface area contributed by atoms with E-state index in [4.69, 9.17) is 0 Å². The molecule has 0 radical (unpaired) electrons. The Morgan fingerprint density at radius 1 is 0.840 bits per heavy atom. The first kappa shape index (κ1) is 19.4. The fourth-order valence-corrected chi connectivity index (χ4v) is 4.59. The second-order valence-corrected chi connectivity index (χ2v) is 8.59. The van der Waals surface area contributed by atoms with Crippen LogP contribution in [0.5, 0.6) is 0 Å². The molecule has 0 fully saturated rings. The van der Waals surface area contributed by atoms with E-state index in [0.717, 1.165) is 22.2 Å². The number of quaternary nitrogens is 1. The van der Waals surface area contributed by atoms with E-state index < -0.39 is 5.41 Å². The number of hydrogen-bond acceptors (Lipinski definition) is 1. The average molecular weight is 339 g/mol. The summed E-state index contributed by atoms with van der Waals surface area (Å²) >= 11 is 0. The van der Waals surface area contributed by atoms with Crippen LogP contribution in [-0.2, 0) is 10.2 Å². The Morgan fingerprint density at radius 3 is 1.56 bits per heavy atom. The predicted octanol–water partition coefficient (Wildman–Crippen LogP) is 4.68. The van der Waals surface area contributed by atoms with Crippen LogP contribution < -0.4 is 0 Å². The summed E-state index contributed by atoms with van der Waals surface area (Å²) in [5.41, 5.74) is 1.27. The highest BCUT2D eigenvalue weighted by molar-refractivity contribution is 5.94. The van der Waals surface area contributed by atoms with Crippen molar-refractivity contribution in [3.05, 3.63) is 71.8 Å². The van der Waals surface area contributed by atoms with Crippen LogP contribution in [-0.4, -0.2) is 38.0 Å². The zero-order valence-corrected chi connectivity index (χ0v) is 16.5. The molecule has 0 saturated carbocycles. The summed E-state index contributed by atoms with van der Waals surface area (Å²) in [5.74, 6) is 0.281. The molecule has 0 bridgehead atoms. The second-order valence-electron chi connectivity index (χ2n) is 8.59. The predicted molar refractivity (Wildman–Crippen MR) is 106 cm³/mol. The maximum absolute atomic E-state index is 13.6. The number of hydrogen-bond donors (Lipinski definition) is 0. The van der Waals surface area contributed by atoms with Crippen LogP contribution in [0.4, 0.5) is 0 Å². The van der Waals surface area contributed by atoms with Crippen molar-refractivity contribution in [1.82, 2.24) is 0 Å². The highest BCUT2D eigenvalue weighted by atomic mass is 16.1. The van der Waals surface area contributed by atoms with Crippen molar-refractivity contribution in [2.45, 2.75) is 32.6 Å². The van der Waals surface area contributed by atoms with Crippen molar-refractivity contribution < 1.29 is 9.28 Å². The van der Waals surface area contributed by atoms with Gasteiger partial charge in [0.05, 0.1) is 33.1 Å². The summed E-state index contributed by atoms with van der Waals surface area (Å²) in [7, 11) is 6.58. The Hall–Kier alpha value is -1.93. The molecule has 134 valence electrons. The molecule has 0 saturated heterocycles. The summed E-state index contributed by atoms with van der Waals surface area (Å²) in [6, 6.07) is 20.6. The number of carbonyl (C=O) groups is 1. The van der Waals surface area contributed by atoms with Crippen molar-refractivity contribution in [1.29, 1.82) is 0 Å². The SMILES string of the molecule is CCC(=O)C(c1ccccc1)(c1ccccc1)C(C)(C)C[N+](C)(C)C. The normalized spacial score (nSPS) is 12.9. The van der Waals surface area contributed by atoms with E-state index in [1.54, 1.807) is 0 Å². The van der Waals surface area contributed by atoms with Gasteiger partial charge in [-0.1, -0.05) is 81.4 Å². The minimum atomic E-state index is -0.657. The van der Waals surface area contributed by atoms with Gasteiger partial charge in [-0.25, -0.2) is 0 Å². The first-order valence-electron chi connectivity index (χ1n) is 9.10.